The number of amides is 1. The minimum absolute atomic E-state index is 0.0832. The van der Waals surface area contributed by atoms with Gasteiger partial charge in [-0.15, -0.1) is 0 Å². The second kappa shape index (κ2) is 7.37. The Balaban J connectivity index is 2.79. The van der Waals surface area contributed by atoms with Gasteiger partial charge >= 0.3 is 5.97 Å². The quantitative estimate of drug-likeness (QED) is 0.792. The predicted molar refractivity (Wildman–Crippen MR) is 73.3 cm³/mol. The van der Waals surface area contributed by atoms with Gasteiger partial charge in [-0.2, -0.15) is 0 Å². The number of carboxylic acid groups (broad SMARTS) is 1. The highest BCUT2D eigenvalue weighted by Crippen LogP contribution is 2.24. The van der Waals surface area contributed by atoms with Crippen LogP contribution in [-0.2, 0) is 4.79 Å². The van der Waals surface area contributed by atoms with Gasteiger partial charge in [-0.1, -0.05) is 6.92 Å². The van der Waals surface area contributed by atoms with E-state index in [1.54, 1.807) is 25.1 Å². The molecule has 1 rings (SSSR count). The van der Waals surface area contributed by atoms with Gasteiger partial charge < -0.3 is 19.9 Å². The van der Waals surface area contributed by atoms with E-state index in [2.05, 4.69) is 5.32 Å². The maximum absolute atomic E-state index is 12.0. The van der Waals surface area contributed by atoms with Crippen molar-refractivity contribution in [3.8, 4) is 11.5 Å². The highest BCUT2D eigenvalue weighted by atomic mass is 16.5. The zero-order chi connectivity index (χ0) is 15.1. The smallest absolute Gasteiger partial charge is 0.308 e. The number of carbonyl (C=O) groups excluding carboxylic acids is 1. The molecule has 2 N–H and O–H groups in total. The number of benzene rings is 1. The summed E-state index contributed by atoms with van der Waals surface area (Å²) in [5, 5.41) is 11.5. The Labute approximate surface area is 117 Å². The monoisotopic (exact) mass is 281 g/mol. The molecule has 1 amide bonds. The molecule has 6 nitrogen and oxygen atoms in total. The fourth-order valence-electron chi connectivity index (χ4n) is 1.70. The molecule has 20 heavy (non-hydrogen) atoms. The molecule has 0 heterocycles. The Morgan fingerprint density at radius 1 is 1.30 bits per heavy atom. The van der Waals surface area contributed by atoms with Crippen LogP contribution in [-0.4, -0.2) is 37.7 Å². The molecule has 1 atom stereocenters. The van der Waals surface area contributed by atoms with E-state index in [1.807, 2.05) is 0 Å². The zero-order valence-corrected chi connectivity index (χ0v) is 11.8. The second-order valence-electron chi connectivity index (χ2n) is 4.22. The van der Waals surface area contributed by atoms with Crippen LogP contribution < -0.4 is 14.8 Å². The summed E-state index contributed by atoms with van der Waals surface area (Å²) in [7, 11) is 2.98. The normalized spacial score (nSPS) is 11.6. The lowest BCUT2D eigenvalue weighted by Gasteiger charge is -2.13. The third-order valence-electron chi connectivity index (χ3n) is 3.00. The SMILES string of the molecule is CCC(CNC(=O)c1ccc(OC)cc1OC)C(=O)O. The van der Waals surface area contributed by atoms with E-state index in [9.17, 15) is 9.59 Å². The van der Waals surface area contributed by atoms with Crippen LogP contribution in [0.15, 0.2) is 18.2 Å². The van der Waals surface area contributed by atoms with Crippen LogP contribution in [0.25, 0.3) is 0 Å². The maximum atomic E-state index is 12.0. The molecule has 0 aliphatic heterocycles. The molecular formula is C14H19NO5. The van der Waals surface area contributed by atoms with Gasteiger partial charge in [-0.05, 0) is 18.6 Å². The molecule has 0 saturated heterocycles. The lowest BCUT2D eigenvalue weighted by Crippen LogP contribution is -2.32. The second-order valence-corrected chi connectivity index (χ2v) is 4.22. The molecule has 0 spiro atoms. The Bertz CT molecular complexity index is 486. The summed E-state index contributed by atoms with van der Waals surface area (Å²) in [5.74, 6) is -0.928. The summed E-state index contributed by atoms with van der Waals surface area (Å²) >= 11 is 0. The van der Waals surface area contributed by atoms with Crippen molar-refractivity contribution in [1.82, 2.24) is 5.32 Å². The molecule has 0 aromatic heterocycles. The number of ether oxygens (including phenoxy) is 2. The molecule has 0 aliphatic carbocycles. The first-order chi connectivity index (χ1) is 9.53. The first-order valence-corrected chi connectivity index (χ1v) is 6.26. The van der Waals surface area contributed by atoms with Crippen LogP contribution in [0.3, 0.4) is 0 Å². The van der Waals surface area contributed by atoms with Gasteiger partial charge in [0.15, 0.2) is 0 Å². The third kappa shape index (κ3) is 3.88. The highest BCUT2D eigenvalue weighted by Gasteiger charge is 2.18. The summed E-state index contributed by atoms with van der Waals surface area (Å²) in [6.07, 6.45) is 0.454. The lowest BCUT2D eigenvalue weighted by atomic mass is 10.1. The van der Waals surface area contributed by atoms with E-state index in [1.165, 1.54) is 14.2 Å². The maximum Gasteiger partial charge on any atom is 0.308 e. The largest absolute Gasteiger partial charge is 0.497 e. The Morgan fingerprint density at radius 3 is 2.50 bits per heavy atom. The summed E-state index contributed by atoms with van der Waals surface area (Å²) in [6, 6.07) is 4.82. The van der Waals surface area contributed by atoms with Crippen molar-refractivity contribution in [3.63, 3.8) is 0 Å². The van der Waals surface area contributed by atoms with E-state index >= 15 is 0 Å². The van der Waals surface area contributed by atoms with Gasteiger partial charge in [-0.3, -0.25) is 9.59 Å². The number of aliphatic carboxylic acids is 1. The average molecular weight is 281 g/mol. The topological polar surface area (TPSA) is 84.9 Å². The summed E-state index contributed by atoms with van der Waals surface area (Å²) < 4.78 is 10.2. The first kappa shape index (κ1) is 15.8. The summed E-state index contributed by atoms with van der Waals surface area (Å²) in [6.45, 7) is 1.85. The Kier molecular flexibility index (Phi) is 5.83. The standard InChI is InChI=1S/C14H19NO5/c1-4-9(14(17)18)8-15-13(16)11-6-5-10(19-2)7-12(11)20-3/h5-7,9H,4,8H2,1-3H3,(H,15,16)(H,17,18). The average Bonchev–Trinajstić information content (AvgIpc) is 2.46. The van der Waals surface area contributed by atoms with Gasteiger partial charge in [0.25, 0.3) is 5.91 Å². The Hall–Kier alpha value is -2.24. The van der Waals surface area contributed by atoms with E-state index in [0.717, 1.165) is 0 Å². The molecule has 0 bridgehead atoms. The van der Waals surface area contributed by atoms with Crippen molar-refractivity contribution < 1.29 is 24.2 Å². The molecule has 0 radical (unpaired) electrons. The van der Waals surface area contributed by atoms with E-state index in [0.29, 0.717) is 23.5 Å². The number of hydrogen-bond donors (Lipinski definition) is 2. The summed E-state index contributed by atoms with van der Waals surface area (Å²) in [4.78, 5) is 22.9. The molecule has 6 heteroatoms. The van der Waals surface area contributed by atoms with Gasteiger partial charge in [0.05, 0.1) is 25.7 Å². The van der Waals surface area contributed by atoms with Crippen LogP contribution in [0.1, 0.15) is 23.7 Å². The molecular weight excluding hydrogens is 262 g/mol. The minimum Gasteiger partial charge on any atom is -0.497 e. The van der Waals surface area contributed by atoms with Gasteiger partial charge in [0, 0.05) is 12.6 Å². The predicted octanol–water partition coefficient (Wildman–Crippen LogP) is 1.54. The van der Waals surface area contributed by atoms with Crippen LogP contribution in [0.4, 0.5) is 0 Å². The zero-order valence-electron chi connectivity index (χ0n) is 11.8. The van der Waals surface area contributed by atoms with Gasteiger partial charge in [-0.25, -0.2) is 0 Å². The summed E-state index contributed by atoms with van der Waals surface area (Å²) in [5.41, 5.74) is 0.341. The molecule has 0 aliphatic rings. The van der Waals surface area contributed by atoms with Crippen molar-refractivity contribution >= 4 is 11.9 Å². The molecule has 0 saturated carbocycles. The van der Waals surface area contributed by atoms with Gasteiger partial charge in [0.2, 0.25) is 0 Å². The fraction of sp³-hybridized carbons (Fsp3) is 0.429. The number of hydrogen-bond acceptors (Lipinski definition) is 4. The molecule has 110 valence electrons. The van der Waals surface area contributed by atoms with Crippen LogP contribution in [0.5, 0.6) is 11.5 Å². The van der Waals surface area contributed by atoms with Crippen molar-refractivity contribution in [2.24, 2.45) is 5.92 Å². The number of nitrogens with one attached hydrogen (secondary N) is 1. The fourth-order valence-corrected chi connectivity index (χ4v) is 1.70. The van der Waals surface area contributed by atoms with Crippen LogP contribution in [0.2, 0.25) is 0 Å². The van der Waals surface area contributed by atoms with E-state index in [4.69, 9.17) is 14.6 Å². The number of carbonyl (C=O) groups is 2. The first-order valence-electron chi connectivity index (χ1n) is 6.26. The highest BCUT2D eigenvalue weighted by molar-refractivity contribution is 5.97. The van der Waals surface area contributed by atoms with Crippen molar-refractivity contribution in [2.75, 3.05) is 20.8 Å². The molecule has 1 aromatic carbocycles. The molecule has 1 unspecified atom stereocenters. The Morgan fingerprint density at radius 2 is 2.00 bits per heavy atom. The van der Waals surface area contributed by atoms with Crippen molar-refractivity contribution in [2.45, 2.75) is 13.3 Å². The molecule has 1 aromatic rings. The van der Waals surface area contributed by atoms with Gasteiger partial charge in [0.1, 0.15) is 11.5 Å². The lowest BCUT2D eigenvalue weighted by molar-refractivity contribution is -0.141. The molecule has 0 fully saturated rings. The number of methoxy groups -OCH3 is 2. The number of rotatable bonds is 7. The van der Waals surface area contributed by atoms with Crippen LogP contribution >= 0.6 is 0 Å². The van der Waals surface area contributed by atoms with Crippen molar-refractivity contribution in [3.05, 3.63) is 23.8 Å². The van der Waals surface area contributed by atoms with E-state index < -0.39 is 11.9 Å². The third-order valence-corrected chi connectivity index (χ3v) is 3.00. The van der Waals surface area contributed by atoms with Crippen molar-refractivity contribution in [1.29, 1.82) is 0 Å². The van der Waals surface area contributed by atoms with Crippen LogP contribution in [0, 0.1) is 5.92 Å². The van der Waals surface area contributed by atoms with E-state index in [-0.39, 0.29) is 12.5 Å². The minimum atomic E-state index is -0.922. The number of carboxylic acids is 1.